The van der Waals surface area contributed by atoms with Crippen molar-refractivity contribution >= 4 is 5.78 Å². The van der Waals surface area contributed by atoms with Gasteiger partial charge in [0.1, 0.15) is 5.78 Å². The molecular formula is C13H25NO2. The van der Waals surface area contributed by atoms with Crippen LogP contribution in [0.25, 0.3) is 0 Å². The molecule has 1 aliphatic carbocycles. The Morgan fingerprint density at radius 3 is 2.62 bits per heavy atom. The van der Waals surface area contributed by atoms with E-state index in [0.717, 1.165) is 25.9 Å². The molecule has 3 unspecified atom stereocenters. The maximum atomic E-state index is 12.0. The predicted octanol–water partition coefficient (Wildman–Crippen LogP) is 1.55. The Labute approximate surface area is 98.8 Å². The summed E-state index contributed by atoms with van der Waals surface area (Å²) in [6, 6.07) is 0. The van der Waals surface area contributed by atoms with E-state index in [9.17, 15) is 4.79 Å². The van der Waals surface area contributed by atoms with Crippen molar-refractivity contribution < 1.29 is 9.90 Å². The van der Waals surface area contributed by atoms with Gasteiger partial charge in [-0.3, -0.25) is 4.79 Å². The molecule has 1 saturated carbocycles. The number of rotatable bonds is 5. The molecule has 94 valence electrons. The van der Waals surface area contributed by atoms with Gasteiger partial charge >= 0.3 is 0 Å². The van der Waals surface area contributed by atoms with E-state index in [2.05, 4.69) is 25.7 Å². The van der Waals surface area contributed by atoms with Gasteiger partial charge in [0.25, 0.3) is 0 Å². The van der Waals surface area contributed by atoms with Crippen molar-refractivity contribution in [2.45, 2.75) is 33.6 Å². The van der Waals surface area contributed by atoms with E-state index in [4.69, 9.17) is 5.11 Å². The molecule has 0 saturated heterocycles. The second-order valence-electron chi connectivity index (χ2n) is 5.21. The fraction of sp³-hybridized carbons (Fsp3) is 0.923. The first-order chi connectivity index (χ1) is 7.58. The first kappa shape index (κ1) is 13.7. The summed E-state index contributed by atoms with van der Waals surface area (Å²) in [5, 5.41) is 8.94. The second-order valence-corrected chi connectivity index (χ2v) is 5.21. The zero-order chi connectivity index (χ0) is 12.1. The molecule has 0 spiro atoms. The molecule has 3 atom stereocenters. The Bertz CT molecular complexity index is 230. The molecular weight excluding hydrogens is 202 g/mol. The van der Waals surface area contributed by atoms with Gasteiger partial charge in [-0.15, -0.1) is 0 Å². The number of aliphatic hydroxyl groups is 1. The van der Waals surface area contributed by atoms with Gasteiger partial charge in [-0.1, -0.05) is 20.8 Å². The first-order valence-corrected chi connectivity index (χ1v) is 6.44. The lowest BCUT2D eigenvalue weighted by Gasteiger charge is -2.34. The molecule has 16 heavy (non-hydrogen) atoms. The summed E-state index contributed by atoms with van der Waals surface area (Å²) in [5.74, 6) is 1.64. The number of hydrogen-bond acceptors (Lipinski definition) is 3. The number of carbonyl (C=O) groups is 1. The Hall–Kier alpha value is -0.410. The van der Waals surface area contributed by atoms with Crippen molar-refractivity contribution in [3.63, 3.8) is 0 Å². The summed E-state index contributed by atoms with van der Waals surface area (Å²) in [6.07, 6.45) is 1.90. The SMILES string of the molecule is CCN(CCO)CC1C(=O)CC(C)CC1C. The minimum atomic E-state index is 0.180. The van der Waals surface area contributed by atoms with Gasteiger partial charge in [-0.05, 0) is 24.8 Å². The average Bonchev–Trinajstić information content (AvgIpc) is 2.21. The van der Waals surface area contributed by atoms with Crippen molar-refractivity contribution in [3.8, 4) is 0 Å². The number of likely N-dealkylation sites (N-methyl/N-ethyl adjacent to an activating group) is 1. The molecule has 1 N–H and O–H groups in total. The summed E-state index contributed by atoms with van der Waals surface area (Å²) >= 11 is 0. The monoisotopic (exact) mass is 227 g/mol. The first-order valence-electron chi connectivity index (χ1n) is 6.44. The van der Waals surface area contributed by atoms with E-state index in [1.807, 2.05) is 0 Å². The van der Waals surface area contributed by atoms with E-state index in [1.165, 1.54) is 0 Å². The zero-order valence-electron chi connectivity index (χ0n) is 10.8. The van der Waals surface area contributed by atoms with Crippen LogP contribution in [0.5, 0.6) is 0 Å². The van der Waals surface area contributed by atoms with Gasteiger partial charge in [-0.25, -0.2) is 0 Å². The van der Waals surface area contributed by atoms with Crippen molar-refractivity contribution in [2.75, 3.05) is 26.2 Å². The summed E-state index contributed by atoms with van der Waals surface area (Å²) in [7, 11) is 0. The third kappa shape index (κ3) is 3.56. The molecule has 1 aliphatic rings. The van der Waals surface area contributed by atoms with E-state index in [0.29, 0.717) is 24.2 Å². The van der Waals surface area contributed by atoms with Gasteiger partial charge in [-0.2, -0.15) is 0 Å². The minimum Gasteiger partial charge on any atom is -0.395 e. The molecule has 3 heteroatoms. The number of carbonyl (C=O) groups excluding carboxylic acids is 1. The second kappa shape index (κ2) is 6.36. The summed E-state index contributed by atoms with van der Waals surface area (Å²) in [4.78, 5) is 14.2. The molecule has 0 radical (unpaired) electrons. The highest BCUT2D eigenvalue weighted by molar-refractivity contribution is 5.82. The van der Waals surface area contributed by atoms with Crippen LogP contribution in [0.2, 0.25) is 0 Å². The van der Waals surface area contributed by atoms with Gasteiger partial charge in [0.05, 0.1) is 6.61 Å². The number of Topliss-reactive ketones (excluding diaryl/α,β-unsaturated/α-hetero) is 1. The standard InChI is InChI=1S/C13H25NO2/c1-4-14(5-6-15)9-12-11(3)7-10(2)8-13(12)16/h10-12,15H,4-9H2,1-3H3. The summed E-state index contributed by atoms with van der Waals surface area (Å²) in [6.45, 7) is 9.02. The average molecular weight is 227 g/mol. The van der Waals surface area contributed by atoms with Gasteiger partial charge in [0.15, 0.2) is 0 Å². The van der Waals surface area contributed by atoms with Gasteiger partial charge < -0.3 is 10.0 Å². The zero-order valence-corrected chi connectivity index (χ0v) is 10.8. The third-order valence-electron chi connectivity index (χ3n) is 3.74. The number of nitrogens with zero attached hydrogens (tertiary/aromatic N) is 1. The lowest BCUT2D eigenvalue weighted by Crippen LogP contribution is -2.41. The molecule has 0 aromatic carbocycles. The van der Waals surface area contributed by atoms with E-state index in [1.54, 1.807) is 0 Å². The van der Waals surface area contributed by atoms with Crippen LogP contribution < -0.4 is 0 Å². The fourth-order valence-corrected chi connectivity index (χ4v) is 2.77. The highest BCUT2D eigenvalue weighted by Crippen LogP contribution is 2.31. The molecule has 1 rings (SSSR count). The van der Waals surface area contributed by atoms with Crippen molar-refractivity contribution in [1.82, 2.24) is 4.90 Å². The minimum absolute atomic E-state index is 0.180. The lowest BCUT2D eigenvalue weighted by atomic mass is 9.74. The molecule has 0 bridgehead atoms. The van der Waals surface area contributed by atoms with Crippen molar-refractivity contribution in [1.29, 1.82) is 0 Å². The largest absolute Gasteiger partial charge is 0.395 e. The van der Waals surface area contributed by atoms with Crippen LogP contribution in [0.1, 0.15) is 33.6 Å². The van der Waals surface area contributed by atoms with Crippen LogP contribution in [-0.2, 0) is 4.79 Å². The van der Waals surface area contributed by atoms with Crippen LogP contribution in [0.15, 0.2) is 0 Å². The topological polar surface area (TPSA) is 40.5 Å². The van der Waals surface area contributed by atoms with Crippen LogP contribution >= 0.6 is 0 Å². The van der Waals surface area contributed by atoms with E-state index >= 15 is 0 Å². The molecule has 1 fully saturated rings. The number of aliphatic hydroxyl groups excluding tert-OH is 1. The molecule has 0 aromatic heterocycles. The third-order valence-corrected chi connectivity index (χ3v) is 3.74. The maximum Gasteiger partial charge on any atom is 0.137 e. The predicted molar refractivity (Wildman–Crippen MR) is 65.3 cm³/mol. The van der Waals surface area contributed by atoms with Gasteiger partial charge in [0.2, 0.25) is 0 Å². The maximum absolute atomic E-state index is 12.0. The lowest BCUT2D eigenvalue weighted by molar-refractivity contribution is -0.128. The van der Waals surface area contributed by atoms with E-state index < -0.39 is 0 Å². The number of ketones is 1. The molecule has 0 aliphatic heterocycles. The fourth-order valence-electron chi connectivity index (χ4n) is 2.77. The normalized spacial score (nSPS) is 31.1. The quantitative estimate of drug-likeness (QED) is 0.774. The van der Waals surface area contributed by atoms with Crippen LogP contribution in [0.4, 0.5) is 0 Å². The number of hydrogen-bond donors (Lipinski definition) is 1. The van der Waals surface area contributed by atoms with Gasteiger partial charge in [0, 0.05) is 25.4 Å². The highest BCUT2D eigenvalue weighted by Gasteiger charge is 2.33. The molecule has 3 nitrogen and oxygen atoms in total. The molecule has 0 heterocycles. The Morgan fingerprint density at radius 2 is 2.12 bits per heavy atom. The van der Waals surface area contributed by atoms with Crippen molar-refractivity contribution in [3.05, 3.63) is 0 Å². The van der Waals surface area contributed by atoms with Crippen LogP contribution in [-0.4, -0.2) is 42.0 Å². The molecule has 0 amide bonds. The summed E-state index contributed by atoms with van der Waals surface area (Å²) in [5.41, 5.74) is 0. The Balaban J connectivity index is 2.54. The Kier molecular flexibility index (Phi) is 5.42. The van der Waals surface area contributed by atoms with E-state index in [-0.39, 0.29) is 12.5 Å². The Morgan fingerprint density at radius 1 is 1.44 bits per heavy atom. The highest BCUT2D eigenvalue weighted by atomic mass is 16.3. The van der Waals surface area contributed by atoms with Crippen LogP contribution in [0, 0.1) is 17.8 Å². The molecule has 0 aromatic rings. The van der Waals surface area contributed by atoms with Crippen LogP contribution in [0.3, 0.4) is 0 Å². The smallest absolute Gasteiger partial charge is 0.137 e. The summed E-state index contributed by atoms with van der Waals surface area (Å²) < 4.78 is 0. The van der Waals surface area contributed by atoms with Crippen molar-refractivity contribution in [2.24, 2.45) is 17.8 Å².